The highest BCUT2D eigenvalue weighted by Crippen LogP contribution is 2.42. The van der Waals surface area contributed by atoms with Gasteiger partial charge in [-0.1, -0.05) is 0 Å². The molecule has 0 radical (unpaired) electrons. The molecule has 102 valence electrons. The van der Waals surface area contributed by atoms with Crippen LogP contribution in [0.5, 0.6) is 0 Å². The van der Waals surface area contributed by atoms with E-state index in [1.807, 2.05) is 0 Å². The zero-order chi connectivity index (χ0) is 13.6. The lowest BCUT2D eigenvalue weighted by atomic mass is 9.87. The molecule has 0 spiro atoms. The summed E-state index contributed by atoms with van der Waals surface area (Å²) in [7, 11) is 0. The predicted molar refractivity (Wildman–Crippen MR) is 60.3 cm³/mol. The summed E-state index contributed by atoms with van der Waals surface area (Å²) in [5.41, 5.74) is -1.27. The smallest absolute Gasteiger partial charge is 0.384 e. The van der Waals surface area contributed by atoms with Gasteiger partial charge >= 0.3 is 6.18 Å². The minimum absolute atomic E-state index is 0.185. The molecule has 3 nitrogen and oxygen atoms in total. The molecule has 0 bridgehead atoms. The van der Waals surface area contributed by atoms with Gasteiger partial charge in [-0.25, -0.2) is 4.98 Å². The molecular weight excluding hydrogens is 267 g/mol. The number of hydrogen-bond acceptors (Lipinski definition) is 4. The average molecular weight is 281 g/mol. The van der Waals surface area contributed by atoms with Gasteiger partial charge in [0.05, 0.1) is 17.1 Å². The summed E-state index contributed by atoms with van der Waals surface area (Å²) in [5.74, 6) is 0. The first kappa shape index (κ1) is 13.8. The SMILES string of the molecule is CC1CC(O)(c2cnc(C(F)(F)F)s2)CC(C)O1. The Morgan fingerprint density at radius 2 is 1.94 bits per heavy atom. The molecule has 0 amide bonds. The van der Waals surface area contributed by atoms with Crippen molar-refractivity contribution in [3.05, 3.63) is 16.1 Å². The summed E-state index contributed by atoms with van der Waals surface area (Å²) in [6.07, 6.45) is -3.13. The summed E-state index contributed by atoms with van der Waals surface area (Å²) in [6, 6.07) is 0. The van der Waals surface area contributed by atoms with Crippen LogP contribution in [0.15, 0.2) is 6.20 Å². The molecule has 1 fully saturated rings. The molecule has 0 aliphatic carbocycles. The van der Waals surface area contributed by atoms with Gasteiger partial charge in [0.15, 0.2) is 5.01 Å². The van der Waals surface area contributed by atoms with E-state index in [-0.39, 0.29) is 29.9 Å². The Labute approximate surface area is 107 Å². The topological polar surface area (TPSA) is 42.4 Å². The van der Waals surface area contributed by atoms with Crippen LogP contribution in [0.4, 0.5) is 13.2 Å². The van der Waals surface area contributed by atoms with Crippen LogP contribution in [0.25, 0.3) is 0 Å². The van der Waals surface area contributed by atoms with Gasteiger partial charge in [0.1, 0.15) is 5.60 Å². The molecule has 2 unspecified atom stereocenters. The van der Waals surface area contributed by atoms with Crippen LogP contribution in [0, 0.1) is 0 Å². The van der Waals surface area contributed by atoms with Crippen molar-refractivity contribution < 1.29 is 23.0 Å². The highest BCUT2D eigenvalue weighted by atomic mass is 32.1. The zero-order valence-electron chi connectivity index (χ0n) is 9.99. The van der Waals surface area contributed by atoms with Crippen molar-refractivity contribution in [1.82, 2.24) is 4.98 Å². The second kappa shape index (κ2) is 4.47. The molecule has 2 atom stereocenters. The van der Waals surface area contributed by atoms with Crippen molar-refractivity contribution in [2.45, 2.75) is 50.7 Å². The Morgan fingerprint density at radius 1 is 1.39 bits per heavy atom. The van der Waals surface area contributed by atoms with Crippen LogP contribution in [0.2, 0.25) is 0 Å². The number of halogens is 3. The molecule has 1 aliphatic heterocycles. The number of aromatic nitrogens is 1. The number of nitrogens with zero attached hydrogens (tertiary/aromatic N) is 1. The largest absolute Gasteiger partial charge is 0.443 e. The van der Waals surface area contributed by atoms with Gasteiger partial charge in [-0.2, -0.15) is 13.2 Å². The molecule has 7 heteroatoms. The van der Waals surface area contributed by atoms with Crippen LogP contribution < -0.4 is 0 Å². The van der Waals surface area contributed by atoms with Crippen LogP contribution in [-0.4, -0.2) is 22.3 Å². The van der Waals surface area contributed by atoms with Gasteiger partial charge < -0.3 is 9.84 Å². The minimum Gasteiger partial charge on any atom is -0.384 e. The van der Waals surface area contributed by atoms with E-state index >= 15 is 0 Å². The lowest BCUT2D eigenvalue weighted by Crippen LogP contribution is -2.40. The lowest BCUT2D eigenvalue weighted by Gasteiger charge is -2.38. The number of alkyl halides is 3. The van der Waals surface area contributed by atoms with Gasteiger partial charge in [-0.3, -0.25) is 0 Å². The van der Waals surface area contributed by atoms with Crippen molar-refractivity contribution in [2.24, 2.45) is 0 Å². The third-order valence-electron chi connectivity index (χ3n) is 2.92. The van der Waals surface area contributed by atoms with Crippen molar-refractivity contribution in [2.75, 3.05) is 0 Å². The first-order chi connectivity index (χ1) is 8.21. The van der Waals surface area contributed by atoms with E-state index in [2.05, 4.69) is 4.98 Å². The third-order valence-corrected chi connectivity index (χ3v) is 4.16. The second-order valence-electron chi connectivity index (χ2n) is 4.72. The van der Waals surface area contributed by atoms with Gasteiger partial charge in [-0.15, -0.1) is 11.3 Å². The quantitative estimate of drug-likeness (QED) is 0.860. The molecule has 18 heavy (non-hydrogen) atoms. The Morgan fingerprint density at radius 3 is 2.39 bits per heavy atom. The van der Waals surface area contributed by atoms with E-state index in [0.29, 0.717) is 11.3 Å². The predicted octanol–water partition coefficient (Wildman–Crippen LogP) is 2.94. The molecule has 1 aromatic rings. The minimum atomic E-state index is -4.46. The van der Waals surface area contributed by atoms with E-state index in [4.69, 9.17) is 4.74 Å². The van der Waals surface area contributed by atoms with Crippen molar-refractivity contribution in [1.29, 1.82) is 0 Å². The highest BCUT2D eigenvalue weighted by Gasteiger charge is 2.42. The summed E-state index contributed by atoms with van der Waals surface area (Å²) in [4.78, 5) is 3.61. The van der Waals surface area contributed by atoms with Crippen molar-refractivity contribution in [3.8, 4) is 0 Å². The molecule has 1 aromatic heterocycles. The second-order valence-corrected chi connectivity index (χ2v) is 5.76. The van der Waals surface area contributed by atoms with Gasteiger partial charge in [0, 0.05) is 19.0 Å². The van der Waals surface area contributed by atoms with Crippen LogP contribution >= 0.6 is 11.3 Å². The molecule has 1 N–H and O–H groups in total. The van der Waals surface area contributed by atoms with E-state index < -0.39 is 16.8 Å². The van der Waals surface area contributed by atoms with E-state index in [1.165, 1.54) is 0 Å². The van der Waals surface area contributed by atoms with E-state index in [9.17, 15) is 18.3 Å². The average Bonchev–Trinajstić information content (AvgIpc) is 2.62. The Hall–Kier alpha value is -0.660. The van der Waals surface area contributed by atoms with Crippen LogP contribution in [0.1, 0.15) is 36.6 Å². The molecule has 2 heterocycles. The Kier molecular flexibility index (Phi) is 3.42. The number of thiazole rings is 1. The van der Waals surface area contributed by atoms with Gasteiger partial charge in [-0.05, 0) is 13.8 Å². The molecule has 0 aromatic carbocycles. The Bertz CT molecular complexity index is 422. The monoisotopic (exact) mass is 281 g/mol. The fraction of sp³-hybridized carbons (Fsp3) is 0.727. The standard InChI is InChI=1S/C11H14F3NO2S/c1-6-3-10(16,4-7(2)17-6)8-5-15-9(18-8)11(12,13)14/h5-7,16H,3-4H2,1-2H3. The highest BCUT2D eigenvalue weighted by molar-refractivity contribution is 7.11. The molecule has 1 saturated heterocycles. The van der Waals surface area contributed by atoms with Crippen molar-refractivity contribution >= 4 is 11.3 Å². The molecular formula is C11H14F3NO2S. The number of ether oxygens (including phenoxy) is 1. The number of hydrogen-bond donors (Lipinski definition) is 1. The molecule has 0 saturated carbocycles. The molecule has 1 aliphatic rings. The fourth-order valence-corrected chi connectivity index (χ4v) is 3.24. The van der Waals surface area contributed by atoms with E-state index in [1.54, 1.807) is 13.8 Å². The summed E-state index contributed by atoms with van der Waals surface area (Å²) < 4.78 is 42.9. The summed E-state index contributed by atoms with van der Waals surface area (Å²) in [6.45, 7) is 3.60. The summed E-state index contributed by atoms with van der Waals surface area (Å²) >= 11 is 0.508. The fourth-order valence-electron chi connectivity index (χ4n) is 2.35. The van der Waals surface area contributed by atoms with Gasteiger partial charge in [0.2, 0.25) is 0 Å². The maximum atomic E-state index is 12.5. The third kappa shape index (κ3) is 2.67. The maximum absolute atomic E-state index is 12.5. The first-order valence-corrected chi connectivity index (χ1v) is 6.44. The van der Waals surface area contributed by atoms with Crippen LogP contribution in [-0.2, 0) is 16.5 Å². The number of aliphatic hydroxyl groups is 1. The molecule has 2 rings (SSSR count). The number of rotatable bonds is 1. The lowest BCUT2D eigenvalue weighted by molar-refractivity contribution is -0.137. The normalized spacial score (nSPS) is 33.7. The summed E-state index contributed by atoms with van der Waals surface area (Å²) in [5, 5.41) is 9.57. The van der Waals surface area contributed by atoms with Gasteiger partial charge in [0.25, 0.3) is 0 Å². The van der Waals surface area contributed by atoms with Crippen LogP contribution in [0.3, 0.4) is 0 Å². The maximum Gasteiger partial charge on any atom is 0.443 e. The van der Waals surface area contributed by atoms with Crippen molar-refractivity contribution in [3.63, 3.8) is 0 Å². The zero-order valence-corrected chi connectivity index (χ0v) is 10.8. The van der Waals surface area contributed by atoms with E-state index in [0.717, 1.165) is 6.20 Å². The first-order valence-electron chi connectivity index (χ1n) is 5.62. The Balaban J connectivity index is 2.27.